The molecule has 102 valence electrons. The first-order valence-corrected chi connectivity index (χ1v) is 7.70. The van der Waals surface area contributed by atoms with Crippen LogP contribution in [0.4, 0.5) is 5.82 Å². The van der Waals surface area contributed by atoms with Gasteiger partial charge in [-0.15, -0.1) is 0 Å². The van der Waals surface area contributed by atoms with Crippen molar-refractivity contribution >= 4 is 17.6 Å². The first-order valence-electron chi connectivity index (χ1n) is 6.48. The SMILES string of the molecule is CCCNc1cc(-n2ccnc2CC)nc(SC)n1. The summed E-state index contributed by atoms with van der Waals surface area (Å²) < 4.78 is 2.01. The molecule has 19 heavy (non-hydrogen) atoms. The van der Waals surface area contributed by atoms with Gasteiger partial charge >= 0.3 is 0 Å². The predicted octanol–water partition coefficient (Wildman–Crippen LogP) is 2.77. The molecule has 0 saturated heterocycles. The molecule has 0 aromatic carbocycles. The largest absolute Gasteiger partial charge is 0.370 e. The summed E-state index contributed by atoms with van der Waals surface area (Å²) in [7, 11) is 0. The van der Waals surface area contributed by atoms with Crippen molar-refractivity contribution in [3.8, 4) is 5.82 Å². The molecule has 2 heterocycles. The number of nitrogens with zero attached hydrogens (tertiary/aromatic N) is 4. The van der Waals surface area contributed by atoms with Gasteiger partial charge < -0.3 is 5.32 Å². The van der Waals surface area contributed by atoms with Gasteiger partial charge in [0.15, 0.2) is 5.16 Å². The van der Waals surface area contributed by atoms with Crippen molar-refractivity contribution in [1.29, 1.82) is 0 Å². The van der Waals surface area contributed by atoms with Crippen LogP contribution in [0.25, 0.3) is 5.82 Å². The van der Waals surface area contributed by atoms with Crippen molar-refractivity contribution in [1.82, 2.24) is 19.5 Å². The highest BCUT2D eigenvalue weighted by molar-refractivity contribution is 7.98. The van der Waals surface area contributed by atoms with Crippen LogP contribution < -0.4 is 5.32 Å². The van der Waals surface area contributed by atoms with E-state index in [4.69, 9.17) is 0 Å². The van der Waals surface area contributed by atoms with Crippen molar-refractivity contribution < 1.29 is 0 Å². The number of hydrogen-bond donors (Lipinski definition) is 1. The molecule has 6 heteroatoms. The third-order valence-corrected chi connectivity index (χ3v) is 3.26. The quantitative estimate of drug-likeness (QED) is 0.650. The lowest BCUT2D eigenvalue weighted by Gasteiger charge is -2.10. The highest BCUT2D eigenvalue weighted by Crippen LogP contribution is 2.18. The Morgan fingerprint density at radius 2 is 2.16 bits per heavy atom. The highest BCUT2D eigenvalue weighted by atomic mass is 32.2. The minimum atomic E-state index is 0.770. The molecule has 0 radical (unpaired) electrons. The number of anilines is 1. The average molecular weight is 277 g/mol. The van der Waals surface area contributed by atoms with E-state index in [-0.39, 0.29) is 0 Å². The zero-order chi connectivity index (χ0) is 13.7. The number of nitrogens with one attached hydrogen (secondary N) is 1. The van der Waals surface area contributed by atoms with E-state index >= 15 is 0 Å². The number of aryl methyl sites for hydroxylation is 1. The molecule has 0 spiro atoms. The van der Waals surface area contributed by atoms with E-state index in [0.29, 0.717) is 0 Å². The summed E-state index contributed by atoms with van der Waals surface area (Å²) in [6, 6.07) is 1.97. The fourth-order valence-corrected chi connectivity index (χ4v) is 2.15. The maximum Gasteiger partial charge on any atom is 0.191 e. The summed E-state index contributed by atoms with van der Waals surface area (Å²) in [6.45, 7) is 5.14. The zero-order valence-corrected chi connectivity index (χ0v) is 12.4. The third kappa shape index (κ3) is 3.26. The normalized spacial score (nSPS) is 10.7. The molecular formula is C13H19N5S. The number of aromatic nitrogens is 4. The Hall–Kier alpha value is -1.56. The number of rotatable bonds is 6. The molecule has 2 rings (SSSR count). The van der Waals surface area contributed by atoms with Gasteiger partial charge in [0.25, 0.3) is 0 Å². The molecule has 0 atom stereocenters. The molecule has 2 aromatic heterocycles. The fraction of sp³-hybridized carbons (Fsp3) is 0.462. The van der Waals surface area contributed by atoms with Gasteiger partial charge in [0.05, 0.1) is 0 Å². The summed E-state index contributed by atoms with van der Waals surface area (Å²) in [5.41, 5.74) is 0. The zero-order valence-electron chi connectivity index (χ0n) is 11.6. The number of thioether (sulfide) groups is 1. The van der Waals surface area contributed by atoms with Crippen LogP contribution in [0.1, 0.15) is 26.1 Å². The van der Waals surface area contributed by atoms with Crippen LogP contribution in [0.3, 0.4) is 0 Å². The van der Waals surface area contributed by atoms with Gasteiger partial charge in [0.1, 0.15) is 17.5 Å². The van der Waals surface area contributed by atoms with Gasteiger partial charge in [-0.1, -0.05) is 25.6 Å². The maximum absolute atomic E-state index is 4.55. The molecular weight excluding hydrogens is 258 g/mol. The van der Waals surface area contributed by atoms with E-state index in [9.17, 15) is 0 Å². The van der Waals surface area contributed by atoms with Crippen molar-refractivity contribution in [2.75, 3.05) is 18.1 Å². The Bertz CT molecular complexity index is 538. The van der Waals surface area contributed by atoms with Crippen LogP contribution in [0.15, 0.2) is 23.6 Å². The van der Waals surface area contributed by atoms with E-state index in [0.717, 1.165) is 42.0 Å². The monoisotopic (exact) mass is 277 g/mol. The molecule has 0 aliphatic rings. The van der Waals surface area contributed by atoms with Crippen LogP contribution in [0, 0.1) is 0 Å². The standard InChI is InChI=1S/C13H19N5S/c1-4-6-14-10-9-12(17-13(16-10)19-3)18-8-7-15-11(18)5-2/h7-9H,4-6H2,1-3H3,(H,14,16,17). The second-order valence-electron chi connectivity index (χ2n) is 4.09. The van der Waals surface area contributed by atoms with Crippen molar-refractivity contribution in [3.05, 3.63) is 24.3 Å². The van der Waals surface area contributed by atoms with Crippen LogP contribution in [0.2, 0.25) is 0 Å². The van der Waals surface area contributed by atoms with E-state index in [1.807, 2.05) is 23.1 Å². The minimum Gasteiger partial charge on any atom is -0.370 e. The summed E-state index contributed by atoms with van der Waals surface area (Å²) in [5.74, 6) is 2.74. The van der Waals surface area contributed by atoms with Crippen LogP contribution in [0.5, 0.6) is 0 Å². The van der Waals surface area contributed by atoms with Crippen molar-refractivity contribution in [2.24, 2.45) is 0 Å². The van der Waals surface area contributed by atoms with Crippen molar-refractivity contribution in [3.63, 3.8) is 0 Å². The summed E-state index contributed by atoms with van der Waals surface area (Å²) >= 11 is 1.55. The summed E-state index contributed by atoms with van der Waals surface area (Å²) in [5, 5.41) is 4.08. The molecule has 2 aromatic rings. The maximum atomic E-state index is 4.55. The van der Waals surface area contributed by atoms with Crippen LogP contribution in [-0.2, 0) is 6.42 Å². The number of imidazole rings is 1. The Morgan fingerprint density at radius 3 is 2.84 bits per heavy atom. The predicted molar refractivity (Wildman–Crippen MR) is 79.1 cm³/mol. The third-order valence-electron chi connectivity index (χ3n) is 2.71. The second kappa shape index (κ2) is 6.56. The van der Waals surface area contributed by atoms with Gasteiger partial charge in [-0.2, -0.15) is 0 Å². The topological polar surface area (TPSA) is 55.6 Å². The molecule has 1 N–H and O–H groups in total. The molecule has 0 amide bonds. The van der Waals surface area contributed by atoms with Crippen LogP contribution in [-0.4, -0.2) is 32.3 Å². The lowest BCUT2D eigenvalue weighted by Crippen LogP contribution is -2.07. The minimum absolute atomic E-state index is 0.770. The molecule has 0 unspecified atom stereocenters. The smallest absolute Gasteiger partial charge is 0.191 e. The van der Waals surface area contributed by atoms with Gasteiger partial charge in [-0.3, -0.25) is 4.57 Å². The van der Waals surface area contributed by atoms with E-state index in [1.54, 1.807) is 18.0 Å². The van der Waals surface area contributed by atoms with Crippen molar-refractivity contribution in [2.45, 2.75) is 31.8 Å². The summed E-state index contributed by atoms with van der Waals surface area (Å²) in [4.78, 5) is 13.3. The Morgan fingerprint density at radius 1 is 1.32 bits per heavy atom. The van der Waals surface area contributed by atoms with E-state index in [1.165, 1.54) is 0 Å². The molecule has 0 aliphatic carbocycles. The molecule has 0 aliphatic heterocycles. The lowest BCUT2D eigenvalue weighted by atomic mass is 10.4. The van der Waals surface area contributed by atoms with Gasteiger partial charge in [-0.25, -0.2) is 15.0 Å². The van der Waals surface area contributed by atoms with E-state index in [2.05, 4.69) is 34.1 Å². The Labute approximate surface area is 117 Å². The first-order chi connectivity index (χ1) is 9.28. The first kappa shape index (κ1) is 13.9. The Balaban J connectivity index is 2.38. The molecule has 0 fully saturated rings. The highest BCUT2D eigenvalue weighted by Gasteiger charge is 2.08. The van der Waals surface area contributed by atoms with Crippen LogP contribution >= 0.6 is 11.8 Å². The fourth-order valence-electron chi connectivity index (χ4n) is 1.78. The average Bonchev–Trinajstić information content (AvgIpc) is 2.93. The molecule has 0 saturated carbocycles. The number of hydrogen-bond acceptors (Lipinski definition) is 5. The molecule has 0 bridgehead atoms. The van der Waals surface area contributed by atoms with Gasteiger partial charge in [0.2, 0.25) is 0 Å². The van der Waals surface area contributed by atoms with Gasteiger partial charge in [-0.05, 0) is 12.7 Å². The molecule has 5 nitrogen and oxygen atoms in total. The second-order valence-corrected chi connectivity index (χ2v) is 4.87. The Kier molecular flexibility index (Phi) is 4.79. The van der Waals surface area contributed by atoms with Gasteiger partial charge in [0, 0.05) is 31.4 Å². The lowest BCUT2D eigenvalue weighted by molar-refractivity contribution is 0.829. The summed E-state index contributed by atoms with van der Waals surface area (Å²) in [6.07, 6.45) is 7.67. The van der Waals surface area contributed by atoms with E-state index < -0.39 is 0 Å².